The van der Waals surface area contributed by atoms with Gasteiger partial charge in [-0.25, -0.2) is 9.18 Å². The van der Waals surface area contributed by atoms with Gasteiger partial charge in [0.15, 0.2) is 0 Å². The first kappa shape index (κ1) is 33.4. The van der Waals surface area contributed by atoms with Crippen LogP contribution in [0.5, 0.6) is 0 Å². The molecule has 2 aliphatic heterocycles. The molecule has 47 heavy (non-hydrogen) atoms. The number of hydrogen-bond donors (Lipinski definition) is 3. The highest BCUT2D eigenvalue weighted by Gasteiger charge is 2.35. The Morgan fingerprint density at radius 2 is 1.64 bits per heavy atom. The zero-order valence-electron chi connectivity index (χ0n) is 26.5. The number of halogens is 1. The standard InChI is InChI=1S/C35H40FN5O6/c1-23-22-41(35(46)39-14-16-47-17-15-39)24(2)21-40(23)31-13-10-27(19-30(31)37-32(42)18-25-6-4-3-5-7-25)34(45)38-29(20-33(43)44)26-8-11-28(36)12-9-26/h3-13,19,23-24,29H,14-18,20-22H2,1-2H3,(H,37,42)(H,38,45)(H,43,44). The number of rotatable bonds is 9. The molecular formula is C35H40FN5O6. The first-order valence-corrected chi connectivity index (χ1v) is 15.7. The Labute approximate surface area is 273 Å². The molecule has 3 N–H and O–H groups in total. The molecule has 11 nitrogen and oxygen atoms in total. The third kappa shape index (κ3) is 8.44. The monoisotopic (exact) mass is 645 g/mol. The van der Waals surface area contributed by atoms with Crippen molar-refractivity contribution in [1.29, 1.82) is 0 Å². The SMILES string of the molecule is CC1CN(c2ccc(C(=O)NC(CC(=O)O)c3ccc(F)cc3)cc2NC(=O)Cc2ccccc2)C(C)CN1C(=O)N1CCOCC1. The largest absolute Gasteiger partial charge is 0.481 e. The van der Waals surface area contributed by atoms with Gasteiger partial charge in [-0.05, 0) is 55.3 Å². The average molecular weight is 646 g/mol. The van der Waals surface area contributed by atoms with E-state index in [1.807, 2.05) is 54.0 Å². The maximum atomic E-state index is 13.5. The van der Waals surface area contributed by atoms with Crippen LogP contribution in [0.2, 0.25) is 0 Å². The summed E-state index contributed by atoms with van der Waals surface area (Å²) in [5.74, 6) is -2.42. The smallest absolute Gasteiger partial charge is 0.320 e. The molecule has 12 heteroatoms. The number of amides is 4. The van der Waals surface area contributed by atoms with Gasteiger partial charge in [-0.1, -0.05) is 42.5 Å². The van der Waals surface area contributed by atoms with Crippen molar-refractivity contribution in [3.63, 3.8) is 0 Å². The molecule has 5 rings (SSSR count). The second-order valence-electron chi connectivity index (χ2n) is 12.0. The Kier molecular flexibility index (Phi) is 10.7. The van der Waals surface area contributed by atoms with E-state index in [0.29, 0.717) is 56.3 Å². The van der Waals surface area contributed by atoms with E-state index in [9.17, 15) is 28.7 Å². The van der Waals surface area contributed by atoms with Gasteiger partial charge < -0.3 is 35.2 Å². The first-order chi connectivity index (χ1) is 22.6. The molecule has 248 valence electrons. The Morgan fingerprint density at radius 1 is 0.936 bits per heavy atom. The van der Waals surface area contributed by atoms with Gasteiger partial charge in [-0.15, -0.1) is 0 Å². The van der Waals surface area contributed by atoms with E-state index in [-0.39, 0.29) is 36.0 Å². The molecule has 0 aliphatic carbocycles. The van der Waals surface area contributed by atoms with Crippen molar-refractivity contribution in [2.45, 2.75) is 44.8 Å². The molecule has 0 saturated carbocycles. The third-order valence-electron chi connectivity index (χ3n) is 8.52. The predicted octanol–water partition coefficient (Wildman–Crippen LogP) is 4.30. The van der Waals surface area contributed by atoms with E-state index in [1.54, 1.807) is 18.2 Å². The van der Waals surface area contributed by atoms with Gasteiger partial charge in [0.05, 0.1) is 43.5 Å². The summed E-state index contributed by atoms with van der Waals surface area (Å²) in [6.07, 6.45) is -0.283. The summed E-state index contributed by atoms with van der Waals surface area (Å²) in [5, 5.41) is 15.2. The zero-order valence-corrected chi connectivity index (χ0v) is 26.5. The van der Waals surface area contributed by atoms with Gasteiger partial charge in [-0.2, -0.15) is 0 Å². The van der Waals surface area contributed by atoms with Gasteiger partial charge in [0, 0.05) is 43.8 Å². The molecule has 2 fully saturated rings. The number of carbonyl (C=O) groups excluding carboxylic acids is 3. The molecule has 2 saturated heterocycles. The normalized spacial score (nSPS) is 18.7. The Morgan fingerprint density at radius 3 is 2.32 bits per heavy atom. The number of urea groups is 1. The van der Waals surface area contributed by atoms with Crippen LogP contribution >= 0.6 is 0 Å². The number of nitrogens with zero attached hydrogens (tertiary/aromatic N) is 3. The minimum atomic E-state index is -1.13. The van der Waals surface area contributed by atoms with E-state index >= 15 is 0 Å². The number of carboxylic acid groups (broad SMARTS) is 1. The lowest BCUT2D eigenvalue weighted by Crippen LogP contribution is -2.61. The van der Waals surface area contributed by atoms with E-state index in [0.717, 1.165) is 5.56 Å². The summed E-state index contributed by atoms with van der Waals surface area (Å²) in [7, 11) is 0. The molecule has 3 atom stereocenters. The fraction of sp³-hybridized carbons (Fsp3) is 0.371. The molecular weight excluding hydrogens is 605 g/mol. The number of aliphatic carboxylic acids is 1. The molecule has 2 heterocycles. The van der Waals surface area contributed by atoms with Gasteiger partial charge in [0.2, 0.25) is 5.91 Å². The molecule has 0 aromatic heterocycles. The van der Waals surface area contributed by atoms with Crippen LogP contribution in [0.1, 0.15) is 47.8 Å². The number of ether oxygens (including phenoxy) is 1. The maximum Gasteiger partial charge on any atom is 0.320 e. The van der Waals surface area contributed by atoms with Gasteiger partial charge in [0.1, 0.15) is 5.82 Å². The minimum absolute atomic E-state index is 0.0206. The molecule has 3 aromatic carbocycles. The highest BCUT2D eigenvalue weighted by Crippen LogP contribution is 2.33. The maximum absolute atomic E-state index is 13.5. The first-order valence-electron chi connectivity index (χ1n) is 15.7. The number of hydrogen-bond acceptors (Lipinski definition) is 6. The highest BCUT2D eigenvalue weighted by atomic mass is 19.1. The summed E-state index contributed by atoms with van der Waals surface area (Å²) >= 11 is 0. The van der Waals surface area contributed by atoms with Crippen LogP contribution in [0.3, 0.4) is 0 Å². The van der Waals surface area contributed by atoms with Crippen molar-refractivity contribution in [3.8, 4) is 0 Å². The third-order valence-corrected chi connectivity index (χ3v) is 8.52. The van der Waals surface area contributed by atoms with Crippen LogP contribution in [0, 0.1) is 5.82 Å². The molecule has 2 aliphatic rings. The van der Waals surface area contributed by atoms with E-state index in [4.69, 9.17) is 4.74 Å². The van der Waals surface area contributed by atoms with Crippen molar-refractivity contribution >= 4 is 35.2 Å². The van der Waals surface area contributed by atoms with Crippen LogP contribution in [0.4, 0.5) is 20.6 Å². The number of piperazine rings is 1. The van der Waals surface area contributed by atoms with Crippen LogP contribution in [-0.4, -0.2) is 90.2 Å². The Hall–Kier alpha value is -4.97. The van der Waals surface area contributed by atoms with Crippen LogP contribution < -0.4 is 15.5 Å². The Bertz CT molecular complexity index is 1580. The van der Waals surface area contributed by atoms with Crippen molar-refractivity contribution in [2.24, 2.45) is 0 Å². The second kappa shape index (κ2) is 15.1. The molecule has 0 spiro atoms. The van der Waals surface area contributed by atoms with Crippen LogP contribution in [0.15, 0.2) is 72.8 Å². The summed E-state index contributed by atoms with van der Waals surface area (Å²) in [5.41, 5.74) is 2.60. The minimum Gasteiger partial charge on any atom is -0.481 e. The van der Waals surface area contributed by atoms with E-state index in [2.05, 4.69) is 15.5 Å². The van der Waals surface area contributed by atoms with Crippen molar-refractivity contribution < 1.29 is 33.4 Å². The van der Waals surface area contributed by atoms with Gasteiger partial charge in [-0.3, -0.25) is 14.4 Å². The fourth-order valence-electron chi connectivity index (χ4n) is 6.03. The van der Waals surface area contributed by atoms with Gasteiger partial charge in [0.25, 0.3) is 5.91 Å². The molecule has 4 amide bonds. The quantitative estimate of drug-likeness (QED) is 0.316. The molecule has 3 unspecified atom stereocenters. The van der Waals surface area contributed by atoms with Crippen molar-refractivity contribution in [3.05, 3.63) is 95.3 Å². The number of anilines is 2. The zero-order chi connectivity index (χ0) is 33.5. The van der Waals surface area contributed by atoms with Gasteiger partial charge >= 0.3 is 12.0 Å². The average Bonchev–Trinajstić information content (AvgIpc) is 3.06. The lowest BCUT2D eigenvalue weighted by Gasteiger charge is -2.47. The summed E-state index contributed by atoms with van der Waals surface area (Å²) in [6.45, 7) is 7.10. The number of carboxylic acids is 1. The number of carbonyl (C=O) groups is 4. The summed E-state index contributed by atoms with van der Waals surface area (Å²) < 4.78 is 19.0. The lowest BCUT2D eigenvalue weighted by molar-refractivity contribution is -0.137. The van der Waals surface area contributed by atoms with Crippen molar-refractivity contribution in [1.82, 2.24) is 15.1 Å². The summed E-state index contributed by atoms with van der Waals surface area (Å²) in [4.78, 5) is 57.6. The Balaban J connectivity index is 1.40. The predicted molar refractivity (Wildman–Crippen MR) is 175 cm³/mol. The lowest BCUT2D eigenvalue weighted by atomic mass is 10.0. The number of benzene rings is 3. The topological polar surface area (TPSA) is 132 Å². The number of nitrogens with one attached hydrogen (secondary N) is 2. The van der Waals surface area contributed by atoms with Crippen LogP contribution in [-0.2, 0) is 20.7 Å². The molecule has 0 radical (unpaired) electrons. The molecule has 3 aromatic rings. The number of morpholine rings is 1. The van der Waals surface area contributed by atoms with E-state index in [1.165, 1.54) is 24.3 Å². The highest BCUT2D eigenvalue weighted by molar-refractivity contribution is 6.00. The van der Waals surface area contributed by atoms with Crippen molar-refractivity contribution in [2.75, 3.05) is 49.6 Å². The summed E-state index contributed by atoms with van der Waals surface area (Å²) in [6, 6.07) is 18.4. The van der Waals surface area contributed by atoms with E-state index < -0.39 is 30.2 Å². The fourth-order valence-corrected chi connectivity index (χ4v) is 6.03. The van der Waals surface area contributed by atoms with Crippen LogP contribution in [0.25, 0.3) is 0 Å². The molecule has 0 bridgehead atoms. The second-order valence-corrected chi connectivity index (χ2v) is 12.0.